The van der Waals surface area contributed by atoms with Crippen molar-refractivity contribution >= 4 is 17.7 Å². The average Bonchev–Trinajstić information content (AvgIpc) is 3.66. The van der Waals surface area contributed by atoms with Gasteiger partial charge in [-0.25, -0.2) is 4.68 Å². The maximum Gasteiger partial charge on any atom is 0.242 e. The molecular weight excluding hydrogens is 598 g/mol. The molecule has 1 aromatic carbocycles. The zero-order valence-corrected chi connectivity index (χ0v) is 25.8. The monoisotopic (exact) mass is 641 g/mol. The van der Waals surface area contributed by atoms with Crippen molar-refractivity contribution < 1.29 is 38.8 Å². The lowest BCUT2D eigenvalue weighted by Crippen LogP contribution is -2.57. The number of piperidine rings is 1. The Labute approximate surface area is 267 Å². The van der Waals surface area contributed by atoms with Gasteiger partial charge < -0.3 is 44.9 Å². The Hall–Kier alpha value is -3.63. The van der Waals surface area contributed by atoms with Crippen LogP contribution in [0.15, 0.2) is 36.5 Å². The second kappa shape index (κ2) is 14.9. The lowest BCUT2D eigenvalue weighted by Gasteiger charge is -2.39. The Morgan fingerprint density at radius 3 is 2.61 bits per heavy atom. The number of aliphatic hydroxyl groups excluding tert-OH is 2. The van der Waals surface area contributed by atoms with Crippen LogP contribution in [0.3, 0.4) is 0 Å². The summed E-state index contributed by atoms with van der Waals surface area (Å²) in [5.74, 6) is -0.388. The molecule has 0 aliphatic carbocycles. The van der Waals surface area contributed by atoms with E-state index in [4.69, 9.17) is 14.2 Å². The molecule has 0 saturated carbocycles. The van der Waals surface area contributed by atoms with Gasteiger partial charge in [0.15, 0.2) is 0 Å². The standard InChI is InChI=1S/C31H43N7O8/c39-27-15-25-29(41)30(42)26(46-25)16-33-31(43)24-14-22(38-17-21(34-35-38)19-45-23-4-2-1-3-5-23)6-10-37(24)28(40)18-36(27)11-9-32-20-7-12-44-13-8-20/h1-5,17,20,22,24-26,29-30,32,41-42H,6-16,18-19H2,(H,33,43)/t22-,24+,25+,26-,29?,30?/m1/s1. The highest BCUT2D eigenvalue weighted by Crippen LogP contribution is 2.29. The number of carbonyl (C=O) groups excluding carboxylic acids is 3. The third kappa shape index (κ3) is 7.66. The average molecular weight is 642 g/mol. The SMILES string of the molecule is O=C1NC[C@H]2O[C@@H](CC(=O)N(CCNC3CCOCC3)CC(=O)N3CC[C@@H](n4cc(COc5ccccc5)nn4)C[C@@H]13)C(O)C2O. The molecule has 250 valence electrons. The molecule has 4 aliphatic heterocycles. The Bertz CT molecular complexity index is 1340. The molecule has 0 spiro atoms. The Balaban J connectivity index is 1.16. The van der Waals surface area contributed by atoms with E-state index in [2.05, 4.69) is 20.9 Å². The third-order valence-electron chi connectivity index (χ3n) is 9.29. The highest BCUT2D eigenvalue weighted by atomic mass is 16.5. The number of para-hydroxylation sites is 1. The van der Waals surface area contributed by atoms with E-state index in [-0.39, 0.29) is 69.5 Å². The first-order valence-electron chi connectivity index (χ1n) is 16.1. The van der Waals surface area contributed by atoms with Crippen LogP contribution >= 0.6 is 0 Å². The number of aliphatic hydroxyl groups is 2. The molecule has 4 N–H and O–H groups in total. The summed E-state index contributed by atoms with van der Waals surface area (Å²) in [7, 11) is 0. The highest BCUT2D eigenvalue weighted by Gasteiger charge is 2.45. The predicted octanol–water partition coefficient (Wildman–Crippen LogP) is -1.00. The molecule has 5 heterocycles. The maximum atomic E-state index is 13.8. The normalized spacial score (nSPS) is 29.8. The smallest absolute Gasteiger partial charge is 0.242 e. The van der Waals surface area contributed by atoms with Crippen molar-refractivity contribution in [3.8, 4) is 5.75 Å². The van der Waals surface area contributed by atoms with Gasteiger partial charge in [0.05, 0.1) is 31.3 Å². The summed E-state index contributed by atoms with van der Waals surface area (Å²) in [4.78, 5) is 43.9. The van der Waals surface area contributed by atoms with Crippen molar-refractivity contribution in [2.75, 3.05) is 45.9 Å². The van der Waals surface area contributed by atoms with Crippen LogP contribution in [-0.4, -0.2) is 135 Å². The van der Waals surface area contributed by atoms with E-state index in [0.717, 1.165) is 12.8 Å². The summed E-state index contributed by atoms with van der Waals surface area (Å²) in [6, 6.07) is 8.59. The number of rotatable bonds is 8. The fourth-order valence-corrected chi connectivity index (χ4v) is 6.60. The summed E-state index contributed by atoms with van der Waals surface area (Å²) in [6.45, 7) is 2.30. The molecule has 2 unspecified atom stereocenters. The summed E-state index contributed by atoms with van der Waals surface area (Å²) < 4.78 is 18.8. The van der Waals surface area contributed by atoms with Gasteiger partial charge in [0, 0.05) is 45.4 Å². The number of amides is 3. The number of hydrogen-bond donors (Lipinski definition) is 4. The summed E-state index contributed by atoms with van der Waals surface area (Å²) in [6.07, 6.45) is -0.268. The predicted molar refractivity (Wildman–Crippen MR) is 161 cm³/mol. The zero-order valence-electron chi connectivity index (χ0n) is 25.8. The minimum atomic E-state index is -1.30. The molecule has 15 heteroatoms. The minimum absolute atomic E-state index is 0.0754. The van der Waals surface area contributed by atoms with Crippen molar-refractivity contribution in [1.29, 1.82) is 0 Å². The molecule has 6 atom stereocenters. The summed E-state index contributed by atoms with van der Waals surface area (Å²) in [5.41, 5.74) is 0.630. The molecule has 4 fully saturated rings. The van der Waals surface area contributed by atoms with Crippen LogP contribution in [-0.2, 0) is 30.5 Å². The van der Waals surface area contributed by atoms with Crippen LogP contribution in [0.2, 0.25) is 0 Å². The number of ether oxygens (including phenoxy) is 3. The van der Waals surface area contributed by atoms with Crippen molar-refractivity contribution in [3.63, 3.8) is 0 Å². The molecule has 15 nitrogen and oxygen atoms in total. The fourth-order valence-electron chi connectivity index (χ4n) is 6.60. The first kappa shape index (κ1) is 32.3. The van der Waals surface area contributed by atoms with Crippen molar-refractivity contribution in [1.82, 2.24) is 35.4 Å². The molecule has 1 aromatic heterocycles. The van der Waals surface area contributed by atoms with Crippen LogP contribution in [0.4, 0.5) is 0 Å². The molecule has 4 saturated heterocycles. The Morgan fingerprint density at radius 2 is 1.80 bits per heavy atom. The van der Waals surface area contributed by atoms with Gasteiger partial charge in [-0.3, -0.25) is 14.4 Å². The van der Waals surface area contributed by atoms with E-state index in [1.54, 1.807) is 10.9 Å². The van der Waals surface area contributed by atoms with Crippen molar-refractivity contribution in [3.05, 3.63) is 42.2 Å². The molecule has 46 heavy (non-hydrogen) atoms. The van der Waals surface area contributed by atoms with Crippen LogP contribution in [0.25, 0.3) is 0 Å². The minimum Gasteiger partial charge on any atom is -0.487 e. The number of carbonyl (C=O) groups is 3. The fraction of sp³-hybridized carbons (Fsp3) is 0.645. The molecule has 6 rings (SSSR count). The van der Waals surface area contributed by atoms with Gasteiger partial charge in [0.2, 0.25) is 17.7 Å². The van der Waals surface area contributed by atoms with Gasteiger partial charge in [-0.1, -0.05) is 23.4 Å². The van der Waals surface area contributed by atoms with Gasteiger partial charge in [-0.05, 0) is 37.8 Å². The van der Waals surface area contributed by atoms with Crippen molar-refractivity contribution in [2.24, 2.45) is 0 Å². The van der Waals surface area contributed by atoms with Gasteiger partial charge in [-0.2, -0.15) is 0 Å². The number of nitrogens with zero attached hydrogens (tertiary/aromatic N) is 5. The van der Waals surface area contributed by atoms with Crippen LogP contribution in [0.1, 0.15) is 43.8 Å². The quantitative estimate of drug-likeness (QED) is 0.278. The van der Waals surface area contributed by atoms with Crippen LogP contribution in [0.5, 0.6) is 5.75 Å². The first-order valence-corrected chi connectivity index (χ1v) is 16.1. The first-order chi connectivity index (χ1) is 22.4. The van der Waals surface area contributed by atoms with E-state index in [9.17, 15) is 24.6 Å². The van der Waals surface area contributed by atoms with E-state index in [1.807, 2.05) is 30.3 Å². The number of hydrogen-bond acceptors (Lipinski definition) is 11. The van der Waals surface area contributed by atoms with Crippen LogP contribution < -0.4 is 15.4 Å². The van der Waals surface area contributed by atoms with E-state index in [0.29, 0.717) is 37.6 Å². The molecule has 4 aliphatic rings. The Kier molecular flexibility index (Phi) is 10.4. The maximum absolute atomic E-state index is 13.8. The topological polar surface area (TPSA) is 181 Å². The number of aromatic nitrogens is 3. The Morgan fingerprint density at radius 1 is 1.02 bits per heavy atom. The molecular formula is C31H43N7O8. The van der Waals surface area contributed by atoms with E-state index in [1.165, 1.54) is 9.80 Å². The van der Waals surface area contributed by atoms with Crippen LogP contribution in [0, 0.1) is 0 Å². The highest BCUT2D eigenvalue weighted by molar-refractivity contribution is 5.90. The third-order valence-corrected chi connectivity index (χ3v) is 9.29. The van der Waals surface area contributed by atoms with Gasteiger partial charge in [-0.15, -0.1) is 5.10 Å². The van der Waals surface area contributed by atoms with Crippen molar-refractivity contribution in [2.45, 2.75) is 81.3 Å². The molecule has 3 amide bonds. The summed E-state index contributed by atoms with van der Waals surface area (Å²) >= 11 is 0. The molecule has 0 radical (unpaired) electrons. The molecule has 2 bridgehead atoms. The number of fused-ring (bicyclic) bond motifs is 3. The summed E-state index contributed by atoms with van der Waals surface area (Å²) in [5, 5.41) is 36.1. The number of benzene rings is 1. The van der Waals surface area contributed by atoms with E-state index >= 15 is 0 Å². The second-order valence-electron chi connectivity index (χ2n) is 12.4. The van der Waals surface area contributed by atoms with Gasteiger partial charge in [0.25, 0.3) is 0 Å². The van der Waals surface area contributed by atoms with Gasteiger partial charge >= 0.3 is 0 Å². The van der Waals surface area contributed by atoms with Gasteiger partial charge in [0.1, 0.15) is 42.4 Å². The lowest BCUT2D eigenvalue weighted by molar-refractivity contribution is -0.147. The number of nitrogens with one attached hydrogen (secondary N) is 2. The van der Waals surface area contributed by atoms with E-state index < -0.39 is 36.4 Å². The largest absolute Gasteiger partial charge is 0.487 e. The second-order valence-corrected chi connectivity index (χ2v) is 12.4. The lowest BCUT2D eigenvalue weighted by atomic mass is 9.95. The molecule has 2 aromatic rings. The zero-order chi connectivity index (χ0) is 32.0.